The lowest BCUT2D eigenvalue weighted by molar-refractivity contribution is 0.0951. The van der Waals surface area contributed by atoms with Crippen LogP contribution in [0, 0.1) is 0 Å². The van der Waals surface area contributed by atoms with Crippen molar-refractivity contribution in [3.8, 4) is 0 Å². The lowest BCUT2D eigenvalue weighted by Crippen LogP contribution is -2.38. The predicted molar refractivity (Wildman–Crippen MR) is 122 cm³/mol. The summed E-state index contributed by atoms with van der Waals surface area (Å²) in [5, 5.41) is 4.10. The molecule has 7 heteroatoms. The van der Waals surface area contributed by atoms with Crippen LogP contribution >= 0.6 is 0 Å². The van der Waals surface area contributed by atoms with Crippen molar-refractivity contribution in [2.75, 3.05) is 49.2 Å². The Kier molecular flexibility index (Phi) is 5.67. The van der Waals surface area contributed by atoms with Gasteiger partial charge in [0.25, 0.3) is 5.91 Å². The molecule has 1 aromatic carbocycles. The number of pyridine rings is 2. The van der Waals surface area contributed by atoms with Crippen molar-refractivity contribution in [3.05, 3.63) is 59.8 Å². The first kappa shape index (κ1) is 19.8. The molecule has 0 atom stereocenters. The molecule has 0 saturated carbocycles. The highest BCUT2D eigenvalue weighted by molar-refractivity contribution is 6.02. The Morgan fingerprint density at radius 3 is 2.58 bits per heavy atom. The Bertz CT molecular complexity index is 1070. The third-order valence-corrected chi connectivity index (χ3v) is 5.97. The van der Waals surface area contributed by atoms with Gasteiger partial charge in [-0.1, -0.05) is 24.3 Å². The first-order valence-electron chi connectivity index (χ1n) is 11.0. The summed E-state index contributed by atoms with van der Waals surface area (Å²) in [4.78, 5) is 27.2. The Hall–Kier alpha value is -3.19. The highest BCUT2D eigenvalue weighted by atomic mass is 16.5. The highest BCUT2D eigenvalue weighted by Crippen LogP contribution is 2.27. The second-order valence-electron chi connectivity index (χ2n) is 8.01. The van der Waals surface area contributed by atoms with Gasteiger partial charge in [0.05, 0.1) is 24.3 Å². The first-order valence-corrected chi connectivity index (χ1v) is 11.0. The molecule has 0 radical (unpaired) electrons. The van der Waals surface area contributed by atoms with Gasteiger partial charge < -0.3 is 19.9 Å². The van der Waals surface area contributed by atoms with Crippen LogP contribution in [0.2, 0.25) is 0 Å². The van der Waals surface area contributed by atoms with Gasteiger partial charge in [0.2, 0.25) is 0 Å². The van der Waals surface area contributed by atoms with Gasteiger partial charge in [-0.2, -0.15) is 0 Å². The Morgan fingerprint density at radius 2 is 1.74 bits per heavy atom. The van der Waals surface area contributed by atoms with E-state index in [1.54, 1.807) is 6.20 Å². The van der Waals surface area contributed by atoms with Gasteiger partial charge in [-0.25, -0.2) is 9.97 Å². The van der Waals surface area contributed by atoms with Crippen molar-refractivity contribution in [1.29, 1.82) is 0 Å². The van der Waals surface area contributed by atoms with E-state index in [9.17, 15) is 4.79 Å². The van der Waals surface area contributed by atoms with Crippen LogP contribution in [0.5, 0.6) is 0 Å². The van der Waals surface area contributed by atoms with Crippen molar-refractivity contribution < 1.29 is 9.53 Å². The van der Waals surface area contributed by atoms with E-state index in [1.165, 1.54) is 0 Å². The second kappa shape index (κ2) is 8.89. The van der Waals surface area contributed by atoms with Crippen LogP contribution < -0.4 is 15.1 Å². The molecule has 7 nitrogen and oxygen atoms in total. The Morgan fingerprint density at radius 1 is 0.968 bits per heavy atom. The number of aromatic nitrogens is 2. The summed E-state index contributed by atoms with van der Waals surface area (Å²) in [6.07, 6.45) is 4.07. The van der Waals surface area contributed by atoms with E-state index >= 15 is 0 Å². The molecular formula is C24H27N5O2. The minimum atomic E-state index is -0.100. The fourth-order valence-electron chi connectivity index (χ4n) is 4.34. The lowest BCUT2D eigenvalue weighted by Gasteiger charge is -2.29. The molecule has 0 unspecified atom stereocenters. The molecule has 0 bridgehead atoms. The summed E-state index contributed by atoms with van der Waals surface area (Å²) >= 11 is 0. The average molecular weight is 418 g/mol. The number of anilines is 2. The molecular weight excluding hydrogens is 390 g/mol. The summed E-state index contributed by atoms with van der Waals surface area (Å²) in [6.45, 7) is 5.32. The summed E-state index contributed by atoms with van der Waals surface area (Å²) < 4.78 is 5.46. The number of rotatable bonds is 5. The molecule has 2 saturated heterocycles. The summed E-state index contributed by atoms with van der Waals surface area (Å²) in [5.41, 5.74) is 2.56. The van der Waals surface area contributed by atoms with Gasteiger partial charge in [-0.05, 0) is 31.0 Å². The van der Waals surface area contributed by atoms with Crippen LogP contribution in [-0.4, -0.2) is 55.3 Å². The number of nitrogens with zero attached hydrogens (tertiary/aromatic N) is 4. The fourth-order valence-corrected chi connectivity index (χ4v) is 4.34. The van der Waals surface area contributed by atoms with Crippen molar-refractivity contribution in [3.63, 3.8) is 0 Å². The maximum absolute atomic E-state index is 13.3. The molecule has 1 amide bonds. The van der Waals surface area contributed by atoms with Gasteiger partial charge in [-0.3, -0.25) is 4.79 Å². The lowest BCUT2D eigenvalue weighted by atomic mass is 10.1. The fraction of sp³-hybridized carbons (Fsp3) is 0.375. The zero-order chi connectivity index (χ0) is 21.0. The van der Waals surface area contributed by atoms with Crippen LogP contribution in [-0.2, 0) is 11.3 Å². The SMILES string of the molecule is O=C(NCc1cccnc1N1CCOCC1)c1cc2ccccc2nc1N1CCCC1. The minimum absolute atomic E-state index is 0.100. The molecule has 1 N–H and O–H groups in total. The minimum Gasteiger partial charge on any atom is -0.378 e. The molecule has 2 fully saturated rings. The van der Waals surface area contributed by atoms with Crippen LogP contribution in [0.15, 0.2) is 48.7 Å². The monoisotopic (exact) mass is 417 g/mol. The number of carbonyl (C=O) groups excluding carboxylic acids is 1. The largest absolute Gasteiger partial charge is 0.378 e. The topological polar surface area (TPSA) is 70.6 Å². The van der Waals surface area contributed by atoms with E-state index in [-0.39, 0.29) is 5.91 Å². The van der Waals surface area contributed by atoms with Gasteiger partial charge >= 0.3 is 0 Å². The zero-order valence-corrected chi connectivity index (χ0v) is 17.6. The molecule has 0 spiro atoms. The van der Waals surface area contributed by atoms with E-state index in [0.29, 0.717) is 25.3 Å². The predicted octanol–water partition coefficient (Wildman–Crippen LogP) is 3.00. The maximum Gasteiger partial charge on any atom is 0.255 e. The zero-order valence-electron chi connectivity index (χ0n) is 17.6. The number of carbonyl (C=O) groups is 1. The maximum atomic E-state index is 13.3. The van der Waals surface area contributed by atoms with E-state index in [2.05, 4.69) is 20.1 Å². The summed E-state index contributed by atoms with van der Waals surface area (Å²) in [7, 11) is 0. The molecule has 3 aromatic rings. The number of para-hydroxylation sites is 1. The number of hydrogen-bond acceptors (Lipinski definition) is 6. The Labute approximate surface area is 182 Å². The van der Waals surface area contributed by atoms with E-state index in [4.69, 9.17) is 9.72 Å². The van der Waals surface area contributed by atoms with Crippen LogP contribution in [0.25, 0.3) is 10.9 Å². The molecule has 2 aliphatic heterocycles. The van der Waals surface area contributed by atoms with Crippen molar-refractivity contribution >= 4 is 28.4 Å². The van der Waals surface area contributed by atoms with Crippen molar-refractivity contribution in [2.24, 2.45) is 0 Å². The van der Waals surface area contributed by atoms with Gasteiger partial charge in [0, 0.05) is 49.9 Å². The van der Waals surface area contributed by atoms with E-state index in [0.717, 1.165) is 67.1 Å². The normalized spacial score (nSPS) is 16.6. The van der Waals surface area contributed by atoms with Crippen LogP contribution in [0.4, 0.5) is 11.6 Å². The number of ether oxygens (including phenoxy) is 1. The number of fused-ring (bicyclic) bond motifs is 1. The summed E-state index contributed by atoms with van der Waals surface area (Å²) in [5.74, 6) is 1.60. The van der Waals surface area contributed by atoms with E-state index < -0.39 is 0 Å². The first-order chi connectivity index (χ1) is 15.3. The highest BCUT2D eigenvalue weighted by Gasteiger charge is 2.23. The number of morpholine rings is 1. The van der Waals surface area contributed by atoms with E-state index in [1.807, 2.05) is 42.5 Å². The smallest absolute Gasteiger partial charge is 0.255 e. The Balaban J connectivity index is 1.40. The van der Waals surface area contributed by atoms with Crippen LogP contribution in [0.1, 0.15) is 28.8 Å². The van der Waals surface area contributed by atoms with Crippen molar-refractivity contribution in [1.82, 2.24) is 15.3 Å². The third-order valence-electron chi connectivity index (χ3n) is 5.97. The van der Waals surface area contributed by atoms with Crippen molar-refractivity contribution in [2.45, 2.75) is 19.4 Å². The van der Waals surface area contributed by atoms with Gasteiger partial charge in [-0.15, -0.1) is 0 Å². The molecule has 4 heterocycles. The average Bonchev–Trinajstić information content (AvgIpc) is 3.37. The van der Waals surface area contributed by atoms with Gasteiger partial charge in [0.1, 0.15) is 11.6 Å². The number of hydrogen-bond donors (Lipinski definition) is 1. The molecule has 2 aromatic heterocycles. The quantitative estimate of drug-likeness (QED) is 0.688. The molecule has 31 heavy (non-hydrogen) atoms. The molecule has 2 aliphatic rings. The second-order valence-corrected chi connectivity index (χ2v) is 8.01. The standard InChI is InChI=1S/C24H27N5O2/c30-24(26-17-19-7-5-9-25-22(19)29-12-14-31-15-13-29)20-16-18-6-1-2-8-21(18)27-23(20)28-10-3-4-11-28/h1-2,5-9,16H,3-4,10-15,17H2,(H,26,30). The van der Waals surface area contributed by atoms with Gasteiger partial charge in [0.15, 0.2) is 0 Å². The molecule has 5 rings (SSSR count). The number of benzene rings is 1. The van der Waals surface area contributed by atoms with Crippen LogP contribution in [0.3, 0.4) is 0 Å². The number of nitrogens with one attached hydrogen (secondary N) is 1. The summed E-state index contributed by atoms with van der Waals surface area (Å²) in [6, 6.07) is 13.9. The third kappa shape index (κ3) is 4.18. The number of amides is 1. The molecule has 160 valence electrons. The molecule has 0 aliphatic carbocycles.